The summed E-state index contributed by atoms with van der Waals surface area (Å²) >= 11 is 0. The monoisotopic (exact) mass is 344 g/mol. The molecule has 0 atom stereocenters. The molecule has 1 amide bonds. The van der Waals surface area contributed by atoms with E-state index in [0.717, 1.165) is 50.3 Å². The molecule has 0 unspecified atom stereocenters. The van der Waals surface area contributed by atoms with Crippen LogP contribution in [0.5, 0.6) is 0 Å². The number of non-ortho nitro benzene ring substituents is 1. The minimum Gasteiger partial charge on any atom is -0.452 e. The van der Waals surface area contributed by atoms with Gasteiger partial charge in [0.1, 0.15) is 0 Å². The maximum absolute atomic E-state index is 12.5. The number of nitro benzene ring substituents is 1. The number of hydrogen-bond donors (Lipinski definition) is 0. The largest absolute Gasteiger partial charge is 0.452 e. The number of benzene rings is 1. The standard InChI is InChI=1S/C18H20N2O5/c21-17(19(15-9-10-15)14-6-2-1-3-7-14)12-25-18(22)13-5-4-8-16(11-13)20(23)24/h4-6,8,11,15H,1-3,7,9-10,12H2. The number of carbonyl (C=O) groups excluding carboxylic acids is 2. The van der Waals surface area contributed by atoms with E-state index in [1.54, 1.807) is 4.90 Å². The quantitative estimate of drug-likeness (QED) is 0.449. The highest BCUT2D eigenvalue weighted by Crippen LogP contribution is 2.33. The van der Waals surface area contributed by atoms with Crippen molar-refractivity contribution >= 4 is 17.6 Å². The SMILES string of the molecule is O=C(OCC(=O)N(C1=CCCCC1)C1CC1)c1cccc([N+](=O)[O-])c1. The molecule has 132 valence electrons. The number of allylic oxidation sites excluding steroid dienone is 2. The predicted octanol–water partition coefficient (Wildman–Crippen LogP) is 3.20. The highest BCUT2D eigenvalue weighted by molar-refractivity contribution is 5.92. The molecule has 0 saturated heterocycles. The smallest absolute Gasteiger partial charge is 0.338 e. The van der Waals surface area contributed by atoms with E-state index in [4.69, 9.17) is 4.74 Å². The maximum Gasteiger partial charge on any atom is 0.338 e. The lowest BCUT2D eigenvalue weighted by molar-refractivity contribution is -0.384. The Hall–Kier alpha value is -2.70. The van der Waals surface area contributed by atoms with Crippen LogP contribution in [0.4, 0.5) is 5.69 Å². The van der Waals surface area contributed by atoms with Crippen LogP contribution in [0.1, 0.15) is 48.9 Å². The lowest BCUT2D eigenvalue weighted by Gasteiger charge is -2.27. The Morgan fingerprint density at radius 3 is 2.72 bits per heavy atom. The molecule has 7 nitrogen and oxygen atoms in total. The summed E-state index contributed by atoms with van der Waals surface area (Å²) in [6.07, 6.45) is 8.10. The third kappa shape index (κ3) is 4.23. The Morgan fingerprint density at radius 2 is 2.08 bits per heavy atom. The maximum atomic E-state index is 12.5. The third-order valence-corrected chi connectivity index (χ3v) is 4.38. The van der Waals surface area contributed by atoms with Crippen LogP contribution < -0.4 is 0 Å². The van der Waals surface area contributed by atoms with Crippen molar-refractivity contribution in [2.75, 3.05) is 6.61 Å². The molecular formula is C18H20N2O5. The minimum atomic E-state index is -0.731. The Morgan fingerprint density at radius 1 is 1.28 bits per heavy atom. The Labute approximate surface area is 145 Å². The number of carbonyl (C=O) groups is 2. The highest BCUT2D eigenvalue weighted by atomic mass is 16.6. The molecule has 0 N–H and O–H groups in total. The van der Waals surface area contributed by atoms with Crippen LogP contribution in [0.15, 0.2) is 36.0 Å². The van der Waals surface area contributed by atoms with Crippen molar-refractivity contribution in [3.63, 3.8) is 0 Å². The fourth-order valence-electron chi connectivity index (χ4n) is 3.00. The highest BCUT2D eigenvalue weighted by Gasteiger charge is 2.35. The average Bonchev–Trinajstić information content (AvgIpc) is 3.46. The number of nitro groups is 1. The molecule has 3 rings (SSSR count). The second kappa shape index (κ2) is 7.46. The summed E-state index contributed by atoms with van der Waals surface area (Å²) in [5.41, 5.74) is 0.912. The van der Waals surface area contributed by atoms with E-state index in [-0.39, 0.29) is 29.8 Å². The zero-order valence-electron chi connectivity index (χ0n) is 13.8. The van der Waals surface area contributed by atoms with Gasteiger partial charge in [0, 0.05) is 23.9 Å². The van der Waals surface area contributed by atoms with Gasteiger partial charge in [0.25, 0.3) is 11.6 Å². The Bertz CT molecular complexity index is 724. The normalized spacial score (nSPS) is 16.7. The predicted molar refractivity (Wildman–Crippen MR) is 89.8 cm³/mol. The molecule has 2 aliphatic carbocycles. The van der Waals surface area contributed by atoms with Crippen LogP contribution >= 0.6 is 0 Å². The van der Waals surface area contributed by atoms with Crippen LogP contribution in [0.25, 0.3) is 0 Å². The van der Waals surface area contributed by atoms with Gasteiger partial charge in [-0.25, -0.2) is 4.79 Å². The molecule has 0 heterocycles. The molecule has 1 aromatic rings. The Kier molecular flexibility index (Phi) is 5.11. The van der Waals surface area contributed by atoms with Crippen molar-refractivity contribution in [3.05, 3.63) is 51.7 Å². The first-order valence-electron chi connectivity index (χ1n) is 8.49. The van der Waals surface area contributed by atoms with Crippen LogP contribution in [0.3, 0.4) is 0 Å². The summed E-state index contributed by atoms with van der Waals surface area (Å²) in [7, 11) is 0. The van der Waals surface area contributed by atoms with Crippen molar-refractivity contribution < 1.29 is 19.2 Å². The molecule has 1 aromatic carbocycles. The fraction of sp³-hybridized carbons (Fsp3) is 0.444. The molecule has 1 saturated carbocycles. The first kappa shape index (κ1) is 17.1. The molecule has 0 spiro atoms. The van der Waals surface area contributed by atoms with Gasteiger partial charge in [-0.2, -0.15) is 0 Å². The number of nitrogens with zero attached hydrogens (tertiary/aromatic N) is 2. The van der Waals surface area contributed by atoms with Crippen LogP contribution in [0, 0.1) is 10.1 Å². The summed E-state index contributed by atoms with van der Waals surface area (Å²) in [6, 6.07) is 5.51. The van der Waals surface area contributed by atoms with E-state index < -0.39 is 10.9 Å². The molecular weight excluding hydrogens is 324 g/mol. The summed E-state index contributed by atoms with van der Waals surface area (Å²) in [4.78, 5) is 36.6. The van der Waals surface area contributed by atoms with E-state index in [9.17, 15) is 19.7 Å². The van der Waals surface area contributed by atoms with Gasteiger partial charge in [-0.3, -0.25) is 14.9 Å². The second-order valence-corrected chi connectivity index (χ2v) is 6.32. The molecule has 25 heavy (non-hydrogen) atoms. The second-order valence-electron chi connectivity index (χ2n) is 6.32. The molecule has 1 fully saturated rings. The van der Waals surface area contributed by atoms with E-state index in [0.29, 0.717) is 0 Å². The number of esters is 1. The molecule has 0 aromatic heterocycles. The van der Waals surface area contributed by atoms with Gasteiger partial charge in [0.05, 0.1) is 10.5 Å². The van der Waals surface area contributed by atoms with Crippen molar-refractivity contribution in [2.45, 2.75) is 44.6 Å². The van der Waals surface area contributed by atoms with Gasteiger partial charge in [-0.05, 0) is 44.6 Å². The van der Waals surface area contributed by atoms with E-state index in [1.807, 2.05) is 0 Å². The van der Waals surface area contributed by atoms with Gasteiger partial charge in [-0.15, -0.1) is 0 Å². The van der Waals surface area contributed by atoms with Crippen LogP contribution in [0.2, 0.25) is 0 Å². The molecule has 0 radical (unpaired) electrons. The van der Waals surface area contributed by atoms with Gasteiger partial charge in [0.2, 0.25) is 0 Å². The minimum absolute atomic E-state index is 0.0665. The molecule has 0 aliphatic heterocycles. The third-order valence-electron chi connectivity index (χ3n) is 4.38. The van der Waals surface area contributed by atoms with E-state index in [1.165, 1.54) is 18.2 Å². The van der Waals surface area contributed by atoms with Crippen LogP contribution in [-0.4, -0.2) is 34.3 Å². The topological polar surface area (TPSA) is 89.8 Å². The number of ether oxygens (including phenoxy) is 1. The summed E-state index contributed by atoms with van der Waals surface area (Å²) in [5, 5.41) is 10.8. The van der Waals surface area contributed by atoms with Crippen molar-refractivity contribution in [1.82, 2.24) is 4.90 Å². The van der Waals surface area contributed by atoms with Crippen molar-refractivity contribution in [3.8, 4) is 0 Å². The zero-order chi connectivity index (χ0) is 17.8. The lowest BCUT2D eigenvalue weighted by atomic mass is 10.0. The Balaban J connectivity index is 1.62. The fourth-order valence-corrected chi connectivity index (χ4v) is 3.00. The average molecular weight is 344 g/mol. The van der Waals surface area contributed by atoms with Gasteiger partial charge in [-0.1, -0.05) is 12.1 Å². The summed E-state index contributed by atoms with van der Waals surface area (Å²) < 4.78 is 5.09. The molecule has 0 bridgehead atoms. The molecule has 2 aliphatic rings. The van der Waals surface area contributed by atoms with Crippen LogP contribution in [-0.2, 0) is 9.53 Å². The zero-order valence-corrected chi connectivity index (χ0v) is 13.8. The first-order chi connectivity index (χ1) is 12.1. The summed E-state index contributed by atoms with van der Waals surface area (Å²) in [6.45, 7) is -0.352. The van der Waals surface area contributed by atoms with Crippen molar-refractivity contribution in [2.24, 2.45) is 0 Å². The van der Waals surface area contributed by atoms with Gasteiger partial charge in [0.15, 0.2) is 6.61 Å². The number of hydrogen-bond acceptors (Lipinski definition) is 5. The molecule has 7 heteroatoms. The van der Waals surface area contributed by atoms with Crippen molar-refractivity contribution in [1.29, 1.82) is 0 Å². The summed E-state index contributed by atoms with van der Waals surface area (Å²) in [5.74, 6) is -0.958. The number of rotatable bonds is 6. The van der Waals surface area contributed by atoms with E-state index in [2.05, 4.69) is 6.08 Å². The first-order valence-corrected chi connectivity index (χ1v) is 8.49. The number of amides is 1. The van der Waals surface area contributed by atoms with Gasteiger partial charge < -0.3 is 9.64 Å². The van der Waals surface area contributed by atoms with E-state index >= 15 is 0 Å². The lowest BCUT2D eigenvalue weighted by Crippen LogP contribution is -2.36. The van der Waals surface area contributed by atoms with Gasteiger partial charge >= 0.3 is 5.97 Å².